The molecule has 0 atom stereocenters. The first-order chi connectivity index (χ1) is 9.16. The van der Waals surface area contributed by atoms with E-state index in [-0.39, 0.29) is 5.91 Å². The molecule has 19 heavy (non-hydrogen) atoms. The molecular formula is C13H15BrN4O. The van der Waals surface area contributed by atoms with E-state index in [0.29, 0.717) is 12.1 Å². The van der Waals surface area contributed by atoms with Crippen molar-refractivity contribution < 1.29 is 4.79 Å². The second-order valence-electron chi connectivity index (χ2n) is 4.27. The molecule has 0 saturated heterocycles. The van der Waals surface area contributed by atoms with Crippen LogP contribution in [0.3, 0.4) is 0 Å². The van der Waals surface area contributed by atoms with Gasteiger partial charge in [-0.3, -0.25) is 9.89 Å². The maximum Gasteiger partial charge on any atom is 0.252 e. The Labute approximate surface area is 120 Å². The largest absolute Gasteiger partial charge is 0.352 e. The van der Waals surface area contributed by atoms with Gasteiger partial charge in [0.05, 0.1) is 5.56 Å². The molecule has 0 radical (unpaired) electrons. The predicted octanol–water partition coefficient (Wildman–Crippen LogP) is 2.24. The number of aryl methyl sites for hydroxylation is 2. The lowest BCUT2D eigenvalue weighted by Crippen LogP contribution is -2.25. The Morgan fingerprint density at radius 3 is 3.05 bits per heavy atom. The minimum atomic E-state index is -0.0619. The van der Waals surface area contributed by atoms with Gasteiger partial charge in [0.25, 0.3) is 5.91 Å². The number of halogens is 1. The number of H-pyrrole nitrogens is 1. The van der Waals surface area contributed by atoms with Crippen LogP contribution in [0.25, 0.3) is 0 Å². The smallest absolute Gasteiger partial charge is 0.252 e. The van der Waals surface area contributed by atoms with Crippen LogP contribution >= 0.6 is 15.9 Å². The van der Waals surface area contributed by atoms with Crippen molar-refractivity contribution in [1.29, 1.82) is 0 Å². The minimum Gasteiger partial charge on any atom is -0.352 e. The van der Waals surface area contributed by atoms with Gasteiger partial charge in [0.15, 0.2) is 0 Å². The normalized spacial score (nSPS) is 10.4. The van der Waals surface area contributed by atoms with Crippen LogP contribution in [0.1, 0.15) is 28.2 Å². The molecule has 0 fully saturated rings. The van der Waals surface area contributed by atoms with E-state index in [4.69, 9.17) is 0 Å². The highest BCUT2D eigenvalue weighted by molar-refractivity contribution is 9.10. The zero-order valence-electron chi connectivity index (χ0n) is 10.6. The molecule has 6 heteroatoms. The number of rotatable bonds is 5. The highest BCUT2D eigenvalue weighted by Gasteiger charge is 2.09. The fourth-order valence-electron chi connectivity index (χ4n) is 1.72. The molecule has 1 heterocycles. The van der Waals surface area contributed by atoms with Crippen LogP contribution < -0.4 is 5.32 Å². The molecule has 5 nitrogen and oxygen atoms in total. The molecule has 2 aromatic rings. The van der Waals surface area contributed by atoms with Crippen molar-refractivity contribution in [2.24, 2.45) is 0 Å². The molecule has 0 spiro atoms. The SMILES string of the molecule is Cc1ccc(Br)c(C(=O)NCCCc2ncn[nH]2)c1. The molecule has 0 bridgehead atoms. The molecule has 0 aliphatic carbocycles. The van der Waals surface area contributed by atoms with Crippen LogP contribution in [0.5, 0.6) is 0 Å². The van der Waals surface area contributed by atoms with Gasteiger partial charge in [-0.05, 0) is 41.4 Å². The molecule has 0 saturated carbocycles. The lowest BCUT2D eigenvalue weighted by Gasteiger charge is -2.07. The van der Waals surface area contributed by atoms with Crippen LogP contribution in [-0.4, -0.2) is 27.6 Å². The lowest BCUT2D eigenvalue weighted by molar-refractivity contribution is 0.0952. The first-order valence-electron chi connectivity index (χ1n) is 6.05. The van der Waals surface area contributed by atoms with Crippen LogP contribution in [0.2, 0.25) is 0 Å². The van der Waals surface area contributed by atoms with Crippen LogP contribution in [-0.2, 0) is 6.42 Å². The molecule has 0 aliphatic heterocycles. The summed E-state index contributed by atoms with van der Waals surface area (Å²) >= 11 is 3.39. The first-order valence-corrected chi connectivity index (χ1v) is 6.84. The van der Waals surface area contributed by atoms with Gasteiger partial charge in [0.2, 0.25) is 0 Å². The Morgan fingerprint density at radius 1 is 1.47 bits per heavy atom. The Balaban J connectivity index is 1.82. The van der Waals surface area contributed by atoms with Crippen molar-refractivity contribution in [1.82, 2.24) is 20.5 Å². The average Bonchev–Trinajstić information content (AvgIpc) is 2.90. The summed E-state index contributed by atoms with van der Waals surface area (Å²) in [7, 11) is 0. The number of carbonyl (C=O) groups is 1. The van der Waals surface area contributed by atoms with Crippen molar-refractivity contribution in [2.75, 3.05) is 6.54 Å². The highest BCUT2D eigenvalue weighted by Crippen LogP contribution is 2.17. The molecule has 1 amide bonds. The van der Waals surface area contributed by atoms with Gasteiger partial charge in [-0.1, -0.05) is 11.6 Å². The number of carbonyl (C=O) groups excluding carboxylic acids is 1. The summed E-state index contributed by atoms with van der Waals surface area (Å²) < 4.78 is 0.811. The van der Waals surface area contributed by atoms with Crippen molar-refractivity contribution in [3.05, 3.63) is 46.0 Å². The highest BCUT2D eigenvalue weighted by atomic mass is 79.9. The predicted molar refractivity (Wildman–Crippen MR) is 75.9 cm³/mol. The standard InChI is InChI=1S/C13H15BrN4O/c1-9-4-5-11(14)10(7-9)13(19)15-6-2-3-12-16-8-17-18-12/h4-5,7-8H,2-3,6H2,1H3,(H,15,19)(H,16,17,18). The van der Waals surface area contributed by atoms with Gasteiger partial charge in [-0.15, -0.1) is 0 Å². The number of nitrogens with one attached hydrogen (secondary N) is 2. The maximum atomic E-state index is 12.0. The molecule has 0 unspecified atom stereocenters. The quantitative estimate of drug-likeness (QED) is 0.829. The summed E-state index contributed by atoms with van der Waals surface area (Å²) in [5.41, 5.74) is 1.73. The Hall–Kier alpha value is -1.69. The average molecular weight is 323 g/mol. The zero-order valence-corrected chi connectivity index (χ0v) is 12.2. The molecule has 0 aliphatic rings. The molecular weight excluding hydrogens is 308 g/mol. The van der Waals surface area contributed by atoms with Crippen molar-refractivity contribution in [3.8, 4) is 0 Å². The topological polar surface area (TPSA) is 70.7 Å². The summed E-state index contributed by atoms with van der Waals surface area (Å²) in [5.74, 6) is 0.777. The second-order valence-corrected chi connectivity index (χ2v) is 5.13. The van der Waals surface area contributed by atoms with E-state index in [9.17, 15) is 4.79 Å². The van der Waals surface area contributed by atoms with E-state index < -0.39 is 0 Å². The molecule has 1 aromatic carbocycles. The van der Waals surface area contributed by atoms with Gasteiger partial charge < -0.3 is 5.32 Å². The third-order valence-electron chi connectivity index (χ3n) is 2.71. The molecule has 2 rings (SSSR count). The fraction of sp³-hybridized carbons (Fsp3) is 0.308. The third-order valence-corrected chi connectivity index (χ3v) is 3.40. The number of aromatic amines is 1. The van der Waals surface area contributed by atoms with Gasteiger partial charge in [-0.2, -0.15) is 5.10 Å². The van der Waals surface area contributed by atoms with E-state index in [2.05, 4.69) is 36.4 Å². The third kappa shape index (κ3) is 3.89. The van der Waals surface area contributed by atoms with Gasteiger partial charge in [-0.25, -0.2) is 4.98 Å². The Kier molecular flexibility index (Phi) is 4.68. The summed E-state index contributed by atoms with van der Waals surface area (Å²) in [6, 6.07) is 5.72. The number of hydrogen-bond donors (Lipinski definition) is 2. The first kappa shape index (κ1) is 13.7. The lowest BCUT2D eigenvalue weighted by atomic mass is 10.1. The number of amides is 1. The van der Waals surface area contributed by atoms with Gasteiger partial charge in [0, 0.05) is 17.4 Å². The zero-order chi connectivity index (χ0) is 13.7. The number of hydrogen-bond acceptors (Lipinski definition) is 3. The minimum absolute atomic E-state index is 0.0619. The number of nitrogens with zero attached hydrogens (tertiary/aromatic N) is 2. The second kappa shape index (κ2) is 6.47. The number of benzene rings is 1. The molecule has 1 aromatic heterocycles. The summed E-state index contributed by atoms with van der Waals surface area (Å²) in [4.78, 5) is 16.0. The van der Waals surface area contributed by atoms with Crippen molar-refractivity contribution in [2.45, 2.75) is 19.8 Å². The van der Waals surface area contributed by atoms with Crippen molar-refractivity contribution >= 4 is 21.8 Å². The van der Waals surface area contributed by atoms with Crippen LogP contribution in [0.15, 0.2) is 29.0 Å². The van der Waals surface area contributed by atoms with Crippen LogP contribution in [0.4, 0.5) is 0 Å². The monoisotopic (exact) mass is 322 g/mol. The van der Waals surface area contributed by atoms with E-state index in [0.717, 1.165) is 28.7 Å². The summed E-state index contributed by atoms with van der Waals surface area (Å²) in [5, 5.41) is 9.47. The van der Waals surface area contributed by atoms with E-state index in [1.54, 1.807) is 0 Å². The van der Waals surface area contributed by atoms with Gasteiger partial charge in [0.1, 0.15) is 12.2 Å². The number of aromatic nitrogens is 3. The van der Waals surface area contributed by atoms with Crippen molar-refractivity contribution in [3.63, 3.8) is 0 Å². The van der Waals surface area contributed by atoms with E-state index >= 15 is 0 Å². The maximum absolute atomic E-state index is 12.0. The summed E-state index contributed by atoms with van der Waals surface area (Å²) in [6.45, 7) is 2.58. The van der Waals surface area contributed by atoms with E-state index in [1.165, 1.54) is 6.33 Å². The summed E-state index contributed by atoms with van der Waals surface area (Å²) in [6.07, 6.45) is 3.08. The Bertz CT molecular complexity index is 554. The fourth-order valence-corrected chi connectivity index (χ4v) is 2.14. The van der Waals surface area contributed by atoms with E-state index in [1.807, 2.05) is 25.1 Å². The molecule has 2 N–H and O–H groups in total. The molecule has 100 valence electrons. The van der Waals surface area contributed by atoms with Gasteiger partial charge >= 0.3 is 0 Å². The van der Waals surface area contributed by atoms with Crippen LogP contribution in [0, 0.1) is 6.92 Å². The Morgan fingerprint density at radius 2 is 2.32 bits per heavy atom.